The van der Waals surface area contributed by atoms with Crippen LogP contribution >= 0.6 is 11.6 Å². The number of nitrogens with zero attached hydrogens (tertiary/aromatic N) is 1. The number of halogens is 2. The van der Waals surface area contributed by atoms with Crippen LogP contribution in [0.15, 0.2) is 35.9 Å². The summed E-state index contributed by atoms with van der Waals surface area (Å²) in [6, 6.07) is 8.05. The van der Waals surface area contributed by atoms with Crippen LogP contribution in [0.4, 0.5) is 5.69 Å². The van der Waals surface area contributed by atoms with E-state index in [2.05, 4.69) is 17.0 Å². The van der Waals surface area contributed by atoms with E-state index in [0.717, 1.165) is 61.8 Å². The maximum absolute atomic E-state index is 12.3. The van der Waals surface area contributed by atoms with Crippen molar-refractivity contribution in [3.05, 3.63) is 40.9 Å². The highest BCUT2D eigenvalue weighted by molar-refractivity contribution is 6.33. The van der Waals surface area contributed by atoms with Gasteiger partial charge in [0.2, 0.25) is 0 Å². The minimum atomic E-state index is 0. The molecule has 3 nitrogen and oxygen atoms in total. The van der Waals surface area contributed by atoms with E-state index in [1.165, 1.54) is 17.7 Å². The van der Waals surface area contributed by atoms with Gasteiger partial charge >= 0.3 is 0 Å². The molecule has 0 amide bonds. The predicted octanol–water partition coefficient (Wildman–Crippen LogP) is -0.491. The Balaban J connectivity index is 0.00000208. The second-order valence-corrected chi connectivity index (χ2v) is 6.99. The van der Waals surface area contributed by atoms with Gasteiger partial charge in [-0.15, -0.1) is 0 Å². The third kappa shape index (κ3) is 4.98. The maximum atomic E-state index is 12.3. The summed E-state index contributed by atoms with van der Waals surface area (Å²) in [5.41, 5.74) is 2.22. The average molecular weight is 369 g/mol. The second kappa shape index (κ2) is 9.45. The van der Waals surface area contributed by atoms with Gasteiger partial charge in [0, 0.05) is 0 Å². The lowest BCUT2D eigenvalue weighted by Crippen LogP contribution is -3.15. The molecule has 5 heteroatoms. The van der Waals surface area contributed by atoms with Crippen molar-refractivity contribution < 1.29 is 22.1 Å². The third-order valence-electron chi connectivity index (χ3n) is 5.02. The van der Waals surface area contributed by atoms with E-state index in [9.17, 15) is 4.79 Å². The van der Waals surface area contributed by atoms with Crippen LogP contribution in [0, 0.1) is 0 Å². The fraction of sp³-hybridized carbons (Fsp3) is 0.526. The Morgan fingerprint density at radius 2 is 1.92 bits per heavy atom. The molecule has 0 radical (unpaired) electrons. The number of piperazine rings is 1. The Morgan fingerprint density at radius 3 is 2.58 bits per heavy atom. The number of hydrogen-bond donors (Lipinski definition) is 1. The Bertz CT molecular complexity index is 580. The van der Waals surface area contributed by atoms with Gasteiger partial charge in [-0.2, -0.15) is 0 Å². The Labute approximate surface area is 156 Å². The first-order valence-corrected chi connectivity index (χ1v) is 9.17. The standard InChI is InChI=1S/C19H25ClN2O.ClH/c20-17-8-4-5-9-18(17)22-14-12-21(13-15-22)11-10-19(23)16-6-2-1-3-7-16;/h4-6,8-9H,1-3,7,10-15H2;1H. The molecule has 1 aliphatic carbocycles. The van der Waals surface area contributed by atoms with Crippen LogP contribution in [0.25, 0.3) is 0 Å². The summed E-state index contributed by atoms with van der Waals surface area (Å²) in [6.07, 6.45) is 7.37. The van der Waals surface area contributed by atoms with Crippen molar-refractivity contribution >= 4 is 23.1 Å². The van der Waals surface area contributed by atoms with E-state index in [-0.39, 0.29) is 12.4 Å². The summed E-state index contributed by atoms with van der Waals surface area (Å²) >= 11 is 6.28. The summed E-state index contributed by atoms with van der Waals surface area (Å²) in [7, 11) is 0. The molecule has 1 heterocycles. The highest BCUT2D eigenvalue weighted by Gasteiger charge is 2.22. The van der Waals surface area contributed by atoms with Gasteiger partial charge < -0.3 is 22.2 Å². The van der Waals surface area contributed by atoms with Crippen molar-refractivity contribution in [3.8, 4) is 0 Å². The zero-order valence-electron chi connectivity index (χ0n) is 14.1. The van der Waals surface area contributed by atoms with Crippen LogP contribution in [0.2, 0.25) is 5.02 Å². The molecule has 0 aromatic heterocycles. The normalized spacial score (nSPS) is 18.7. The number of nitrogens with one attached hydrogen (secondary N) is 1. The molecule has 1 aliphatic heterocycles. The minimum absolute atomic E-state index is 0. The van der Waals surface area contributed by atoms with Crippen LogP contribution in [-0.4, -0.2) is 38.5 Å². The van der Waals surface area contributed by atoms with E-state index in [1.807, 2.05) is 18.2 Å². The molecular formula is C19H26Cl2N2O. The van der Waals surface area contributed by atoms with E-state index < -0.39 is 0 Å². The van der Waals surface area contributed by atoms with E-state index in [4.69, 9.17) is 11.6 Å². The number of carbonyl (C=O) groups is 1. The SMILES string of the molecule is O=C(CC[NH+]1CCN(c2ccccc2Cl)CC1)C1=CCCCC1.[Cl-]. The Hall–Kier alpha value is -1.03. The van der Waals surface area contributed by atoms with Gasteiger partial charge in [0.1, 0.15) is 0 Å². The minimum Gasteiger partial charge on any atom is -1.00 e. The summed E-state index contributed by atoms with van der Waals surface area (Å²) in [4.78, 5) is 16.2. The number of allylic oxidation sites excluding steroid dienone is 2. The first-order chi connectivity index (χ1) is 11.2. The fourth-order valence-corrected chi connectivity index (χ4v) is 3.82. The number of carbonyl (C=O) groups excluding carboxylic acids is 1. The zero-order valence-corrected chi connectivity index (χ0v) is 15.6. The first kappa shape index (κ1) is 19.3. The molecule has 0 saturated carbocycles. The van der Waals surface area contributed by atoms with Crippen LogP contribution in [0.3, 0.4) is 0 Å². The Kier molecular flexibility index (Phi) is 7.60. The molecule has 1 saturated heterocycles. The lowest BCUT2D eigenvalue weighted by molar-refractivity contribution is -0.899. The zero-order chi connectivity index (χ0) is 16.1. The summed E-state index contributed by atoms with van der Waals surface area (Å²) < 4.78 is 0. The van der Waals surface area contributed by atoms with Gasteiger partial charge in [0.15, 0.2) is 5.78 Å². The van der Waals surface area contributed by atoms with E-state index in [0.29, 0.717) is 12.2 Å². The first-order valence-electron chi connectivity index (χ1n) is 8.79. The topological polar surface area (TPSA) is 24.8 Å². The molecule has 0 unspecified atom stereocenters. The fourth-order valence-electron chi connectivity index (χ4n) is 3.56. The number of Topliss-reactive ketones (excluding diaryl/α,β-unsaturated/α-hetero) is 1. The molecule has 0 bridgehead atoms. The third-order valence-corrected chi connectivity index (χ3v) is 5.34. The van der Waals surface area contributed by atoms with Gasteiger partial charge in [-0.05, 0) is 43.4 Å². The molecule has 0 atom stereocenters. The number of quaternary nitrogens is 1. The van der Waals surface area contributed by atoms with Crippen molar-refractivity contribution in [1.29, 1.82) is 0 Å². The molecule has 132 valence electrons. The van der Waals surface area contributed by atoms with Crippen molar-refractivity contribution in [1.82, 2.24) is 0 Å². The highest BCUT2D eigenvalue weighted by Crippen LogP contribution is 2.24. The van der Waals surface area contributed by atoms with Gasteiger partial charge in [-0.3, -0.25) is 4.79 Å². The molecule has 1 aromatic carbocycles. The van der Waals surface area contributed by atoms with Crippen molar-refractivity contribution in [2.75, 3.05) is 37.6 Å². The largest absolute Gasteiger partial charge is 1.00 e. The number of para-hydroxylation sites is 1. The second-order valence-electron chi connectivity index (χ2n) is 6.59. The maximum Gasteiger partial charge on any atom is 0.164 e. The van der Waals surface area contributed by atoms with E-state index in [1.54, 1.807) is 0 Å². The molecule has 1 fully saturated rings. The number of anilines is 1. The van der Waals surface area contributed by atoms with Crippen LogP contribution < -0.4 is 22.2 Å². The monoisotopic (exact) mass is 368 g/mol. The van der Waals surface area contributed by atoms with Crippen LogP contribution in [0.5, 0.6) is 0 Å². The number of rotatable bonds is 5. The summed E-state index contributed by atoms with van der Waals surface area (Å²) in [5.74, 6) is 0.380. The van der Waals surface area contributed by atoms with Crippen LogP contribution in [0.1, 0.15) is 32.1 Å². The van der Waals surface area contributed by atoms with Crippen molar-refractivity contribution in [2.45, 2.75) is 32.1 Å². The van der Waals surface area contributed by atoms with Gasteiger partial charge in [0.25, 0.3) is 0 Å². The molecule has 0 spiro atoms. The van der Waals surface area contributed by atoms with E-state index >= 15 is 0 Å². The van der Waals surface area contributed by atoms with Crippen molar-refractivity contribution in [2.24, 2.45) is 0 Å². The number of benzene rings is 1. The quantitative estimate of drug-likeness (QED) is 0.758. The molecule has 1 aromatic rings. The van der Waals surface area contributed by atoms with Crippen molar-refractivity contribution in [3.63, 3.8) is 0 Å². The Morgan fingerprint density at radius 1 is 1.17 bits per heavy atom. The number of hydrogen-bond acceptors (Lipinski definition) is 2. The average Bonchev–Trinajstić information content (AvgIpc) is 2.61. The molecular weight excluding hydrogens is 343 g/mol. The van der Waals surface area contributed by atoms with Gasteiger partial charge in [-0.1, -0.05) is 29.8 Å². The van der Waals surface area contributed by atoms with Gasteiger partial charge in [-0.25, -0.2) is 0 Å². The summed E-state index contributed by atoms with van der Waals surface area (Å²) in [5, 5.41) is 0.829. The summed E-state index contributed by atoms with van der Waals surface area (Å²) in [6.45, 7) is 5.15. The molecule has 1 N–H and O–H groups in total. The number of ketones is 1. The molecule has 24 heavy (non-hydrogen) atoms. The molecule has 3 rings (SSSR count). The molecule has 2 aliphatic rings. The smallest absolute Gasteiger partial charge is 0.164 e. The van der Waals surface area contributed by atoms with Gasteiger partial charge in [0.05, 0.1) is 49.9 Å². The highest BCUT2D eigenvalue weighted by atomic mass is 35.5. The predicted molar refractivity (Wildman–Crippen MR) is 95.4 cm³/mol. The lowest BCUT2D eigenvalue weighted by atomic mass is 9.95. The lowest BCUT2D eigenvalue weighted by Gasteiger charge is -2.34. The van der Waals surface area contributed by atoms with Crippen LogP contribution in [-0.2, 0) is 4.79 Å².